The molecule has 3 nitrogen and oxygen atoms in total. The highest BCUT2D eigenvalue weighted by Gasteiger charge is 2.44. The summed E-state index contributed by atoms with van der Waals surface area (Å²) in [5.74, 6) is 0.744. The first kappa shape index (κ1) is 12.9. The fourth-order valence-corrected chi connectivity index (χ4v) is 3.10. The Morgan fingerprint density at radius 3 is 2.06 bits per heavy atom. The molecule has 0 aromatic rings. The van der Waals surface area contributed by atoms with Gasteiger partial charge in [0.25, 0.3) is 0 Å². The maximum Gasteiger partial charge on any atom is 0.129 e. The van der Waals surface area contributed by atoms with E-state index in [2.05, 4.69) is 18.7 Å². The lowest BCUT2D eigenvalue weighted by Crippen LogP contribution is -2.51. The molecule has 0 spiro atoms. The van der Waals surface area contributed by atoms with E-state index in [4.69, 9.17) is 10.1 Å². The minimum absolute atomic E-state index is 0.292. The Morgan fingerprint density at radius 1 is 1.06 bits per heavy atom. The zero-order valence-corrected chi connectivity index (χ0v) is 11.5. The average Bonchev–Trinajstić information content (AvgIpc) is 2.82. The first-order chi connectivity index (χ1) is 7.99. The second kappa shape index (κ2) is 4.60. The van der Waals surface area contributed by atoms with E-state index in [1.807, 2.05) is 0 Å². The van der Waals surface area contributed by atoms with Crippen LogP contribution in [0, 0.1) is 10.8 Å². The van der Waals surface area contributed by atoms with Gasteiger partial charge in [-0.1, -0.05) is 13.8 Å². The first-order valence-corrected chi connectivity index (χ1v) is 6.88. The number of amidine groups is 1. The molecule has 0 amide bonds. The molecule has 17 heavy (non-hydrogen) atoms. The van der Waals surface area contributed by atoms with E-state index < -0.39 is 0 Å². The Bertz CT molecular complexity index is 283. The summed E-state index contributed by atoms with van der Waals surface area (Å²) in [6.07, 6.45) is 6.80. The lowest BCUT2D eigenvalue weighted by molar-refractivity contribution is -0.0166. The van der Waals surface area contributed by atoms with Crippen molar-refractivity contribution in [1.82, 2.24) is 4.90 Å². The molecule has 1 N–H and O–H groups in total. The van der Waals surface area contributed by atoms with Gasteiger partial charge in [0.15, 0.2) is 0 Å². The minimum atomic E-state index is -0.292. The summed E-state index contributed by atoms with van der Waals surface area (Å²) in [5, 5.41) is 8.46. The van der Waals surface area contributed by atoms with E-state index >= 15 is 0 Å². The van der Waals surface area contributed by atoms with Gasteiger partial charge in [-0.05, 0) is 43.9 Å². The van der Waals surface area contributed by atoms with Crippen LogP contribution >= 0.6 is 0 Å². The highest BCUT2D eigenvalue weighted by atomic mass is 16.5. The van der Waals surface area contributed by atoms with Gasteiger partial charge in [-0.15, -0.1) is 0 Å². The third kappa shape index (κ3) is 2.49. The molecule has 2 rings (SSSR count). The molecule has 1 saturated carbocycles. The summed E-state index contributed by atoms with van der Waals surface area (Å²) >= 11 is 0. The van der Waals surface area contributed by atoms with E-state index in [0.717, 1.165) is 44.6 Å². The Kier molecular flexibility index (Phi) is 3.48. The summed E-state index contributed by atoms with van der Waals surface area (Å²) in [7, 11) is 1.78. The van der Waals surface area contributed by atoms with Gasteiger partial charge < -0.3 is 9.64 Å². The van der Waals surface area contributed by atoms with E-state index in [0.29, 0.717) is 5.41 Å². The van der Waals surface area contributed by atoms with Crippen LogP contribution in [-0.2, 0) is 4.74 Å². The van der Waals surface area contributed by atoms with Gasteiger partial charge in [0, 0.05) is 20.2 Å². The van der Waals surface area contributed by atoms with Gasteiger partial charge in [0.1, 0.15) is 11.4 Å². The Morgan fingerprint density at radius 2 is 1.59 bits per heavy atom. The first-order valence-electron chi connectivity index (χ1n) is 6.88. The van der Waals surface area contributed by atoms with Crippen molar-refractivity contribution in [2.24, 2.45) is 5.41 Å². The molecule has 1 aliphatic heterocycles. The maximum absolute atomic E-state index is 8.46. The van der Waals surface area contributed by atoms with Crippen molar-refractivity contribution in [3.63, 3.8) is 0 Å². The van der Waals surface area contributed by atoms with Crippen molar-refractivity contribution in [3.05, 3.63) is 0 Å². The van der Waals surface area contributed by atoms with Gasteiger partial charge >= 0.3 is 0 Å². The molecule has 98 valence electrons. The van der Waals surface area contributed by atoms with Crippen LogP contribution < -0.4 is 0 Å². The third-order valence-corrected chi connectivity index (χ3v) is 4.66. The second-order valence-corrected chi connectivity index (χ2v) is 6.41. The van der Waals surface area contributed by atoms with E-state index in [-0.39, 0.29) is 5.60 Å². The fraction of sp³-hybridized carbons (Fsp3) is 0.929. The summed E-state index contributed by atoms with van der Waals surface area (Å²) in [5.41, 5.74) is 0.132. The number of ether oxygens (including phenoxy) is 1. The quantitative estimate of drug-likeness (QED) is 0.593. The molecule has 1 aliphatic carbocycles. The minimum Gasteiger partial charge on any atom is -0.370 e. The van der Waals surface area contributed by atoms with Crippen LogP contribution in [-0.4, -0.2) is 36.5 Å². The lowest BCUT2D eigenvalue weighted by Gasteiger charge is -2.44. The van der Waals surface area contributed by atoms with Crippen LogP contribution in [0.4, 0.5) is 0 Å². The van der Waals surface area contributed by atoms with E-state index in [9.17, 15) is 0 Å². The van der Waals surface area contributed by atoms with Crippen LogP contribution in [0.3, 0.4) is 0 Å². The van der Waals surface area contributed by atoms with Crippen molar-refractivity contribution >= 4 is 5.84 Å². The van der Waals surface area contributed by atoms with Gasteiger partial charge in [0.2, 0.25) is 0 Å². The summed E-state index contributed by atoms with van der Waals surface area (Å²) in [4.78, 5) is 2.22. The van der Waals surface area contributed by atoms with Gasteiger partial charge in [-0.25, -0.2) is 0 Å². The molecule has 0 bridgehead atoms. The van der Waals surface area contributed by atoms with Gasteiger partial charge in [0.05, 0.1) is 0 Å². The zero-order valence-electron chi connectivity index (χ0n) is 11.5. The fourth-order valence-electron chi connectivity index (χ4n) is 3.10. The number of nitrogens with one attached hydrogen (secondary N) is 1. The van der Waals surface area contributed by atoms with E-state index in [1.54, 1.807) is 7.11 Å². The highest BCUT2D eigenvalue weighted by Crippen LogP contribution is 2.43. The molecule has 3 heteroatoms. The number of nitrogens with zero attached hydrogens (tertiary/aromatic N) is 1. The summed E-state index contributed by atoms with van der Waals surface area (Å²) in [6, 6.07) is 0. The smallest absolute Gasteiger partial charge is 0.129 e. The van der Waals surface area contributed by atoms with Gasteiger partial charge in [-0.3, -0.25) is 5.41 Å². The van der Waals surface area contributed by atoms with Crippen LogP contribution in [0.1, 0.15) is 52.4 Å². The molecule has 0 radical (unpaired) electrons. The maximum atomic E-state index is 8.46. The van der Waals surface area contributed by atoms with Crippen LogP contribution in [0.5, 0.6) is 0 Å². The largest absolute Gasteiger partial charge is 0.370 e. The summed E-state index contributed by atoms with van der Waals surface area (Å²) in [6.45, 7) is 6.75. The predicted octanol–water partition coefficient (Wildman–Crippen LogP) is 3.04. The summed E-state index contributed by atoms with van der Waals surface area (Å²) < 4.78 is 5.78. The Hall–Kier alpha value is -0.570. The zero-order chi connectivity index (χ0) is 12.5. The highest BCUT2D eigenvalue weighted by molar-refractivity contribution is 5.88. The van der Waals surface area contributed by atoms with Gasteiger partial charge in [-0.2, -0.15) is 0 Å². The monoisotopic (exact) mass is 238 g/mol. The SMILES string of the molecule is COC1(C(=N)N2CCCC2)CCC(C)(C)CC1. The van der Waals surface area contributed by atoms with Crippen molar-refractivity contribution < 1.29 is 4.74 Å². The molecule has 2 aliphatic rings. The Labute approximate surface area is 105 Å². The number of methoxy groups -OCH3 is 1. The van der Waals surface area contributed by atoms with Crippen molar-refractivity contribution in [3.8, 4) is 0 Å². The van der Waals surface area contributed by atoms with Crippen LogP contribution in [0.2, 0.25) is 0 Å². The van der Waals surface area contributed by atoms with E-state index in [1.165, 1.54) is 12.8 Å². The predicted molar refractivity (Wildman–Crippen MR) is 70.5 cm³/mol. The number of hydrogen-bond donors (Lipinski definition) is 1. The molecular weight excluding hydrogens is 212 g/mol. The molecule has 1 heterocycles. The van der Waals surface area contributed by atoms with Crippen LogP contribution in [0.15, 0.2) is 0 Å². The standard InChI is InChI=1S/C14H26N2O/c1-13(2)6-8-14(17-3,9-7-13)12(15)16-10-4-5-11-16/h15H,4-11H2,1-3H3. The topological polar surface area (TPSA) is 36.3 Å². The lowest BCUT2D eigenvalue weighted by atomic mass is 9.70. The Balaban J connectivity index is 2.07. The third-order valence-electron chi connectivity index (χ3n) is 4.66. The number of likely N-dealkylation sites (tertiary alicyclic amines) is 1. The number of rotatable bonds is 2. The second-order valence-electron chi connectivity index (χ2n) is 6.41. The van der Waals surface area contributed by atoms with Crippen molar-refractivity contribution in [2.45, 2.75) is 58.0 Å². The molecule has 0 atom stereocenters. The van der Waals surface area contributed by atoms with Crippen molar-refractivity contribution in [1.29, 1.82) is 5.41 Å². The molecule has 0 unspecified atom stereocenters. The molecule has 0 aromatic heterocycles. The van der Waals surface area contributed by atoms with Crippen LogP contribution in [0.25, 0.3) is 0 Å². The number of hydrogen-bond acceptors (Lipinski definition) is 2. The van der Waals surface area contributed by atoms with Crippen molar-refractivity contribution in [2.75, 3.05) is 20.2 Å². The molecule has 2 fully saturated rings. The molecular formula is C14H26N2O. The molecule has 0 aromatic carbocycles. The normalized spacial score (nSPS) is 27.1. The average molecular weight is 238 g/mol. The molecule has 1 saturated heterocycles.